The molecular formula is C13H20ClNS. The van der Waals surface area contributed by atoms with Crippen molar-refractivity contribution in [1.82, 2.24) is 4.90 Å². The molecule has 0 amide bonds. The molecule has 1 nitrogen and oxygen atoms in total. The van der Waals surface area contributed by atoms with E-state index < -0.39 is 0 Å². The summed E-state index contributed by atoms with van der Waals surface area (Å²) in [5.74, 6) is 1.51. The highest BCUT2D eigenvalue weighted by Gasteiger charge is 2.15. The van der Waals surface area contributed by atoms with Gasteiger partial charge in [-0.2, -0.15) is 12.6 Å². The quantitative estimate of drug-likeness (QED) is 0.783. The third-order valence-electron chi connectivity index (χ3n) is 2.93. The van der Waals surface area contributed by atoms with E-state index in [2.05, 4.69) is 44.5 Å². The average Bonchev–Trinajstić information content (AvgIpc) is 2.28. The number of benzene rings is 1. The molecule has 0 aliphatic rings. The Balaban J connectivity index is 2.70. The Morgan fingerprint density at radius 2 is 1.94 bits per heavy atom. The minimum Gasteiger partial charge on any atom is -0.299 e. The first-order chi connectivity index (χ1) is 7.56. The maximum atomic E-state index is 6.19. The summed E-state index contributed by atoms with van der Waals surface area (Å²) in [6, 6.07) is 8.39. The number of hydrogen-bond acceptors (Lipinski definition) is 2. The average molecular weight is 258 g/mol. The standard InChI is InChI=1S/C13H20ClNS/c1-10(9-16)8-15(3)11(2)12-6-4-5-7-13(12)14/h4-7,10-11,16H,8-9H2,1-3H3. The minimum atomic E-state index is 0.344. The van der Waals surface area contributed by atoms with E-state index in [9.17, 15) is 0 Å². The molecule has 2 atom stereocenters. The molecule has 1 rings (SSSR count). The second-order valence-electron chi connectivity index (χ2n) is 4.42. The smallest absolute Gasteiger partial charge is 0.0453 e. The predicted molar refractivity (Wildman–Crippen MR) is 75.5 cm³/mol. The van der Waals surface area contributed by atoms with Crippen molar-refractivity contribution in [2.75, 3.05) is 19.3 Å². The molecule has 0 radical (unpaired) electrons. The largest absolute Gasteiger partial charge is 0.299 e. The van der Waals surface area contributed by atoms with Crippen molar-refractivity contribution < 1.29 is 0 Å². The summed E-state index contributed by atoms with van der Waals surface area (Å²) in [6.45, 7) is 5.44. The molecule has 0 aliphatic carbocycles. The van der Waals surface area contributed by atoms with E-state index in [1.807, 2.05) is 18.2 Å². The summed E-state index contributed by atoms with van der Waals surface area (Å²) < 4.78 is 0. The van der Waals surface area contributed by atoms with Crippen molar-refractivity contribution in [3.05, 3.63) is 34.9 Å². The Morgan fingerprint density at radius 3 is 2.50 bits per heavy atom. The molecule has 0 spiro atoms. The lowest BCUT2D eigenvalue weighted by Gasteiger charge is -2.28. The van der Waals surface area contributed by atoms with Gasteiger partial charge in [0.05, 0.1) is 0 Å². The van der Waals surface area contributed by atoms with Crippen molar-refractivity contribution in [3.8, 4) is 0 Å². The third-order valence-corrected chi connectivity index (χ3v) is 3.90. The van der Waals surface area contributed by atoms with E-state index in [1.165, 1.54) is 5.56 Å². The van der Waals surface area contributed by atoms with Crippen molar-refractivity contribution >= 4 is 24.2 Å². The van der Waals surface area contributed by atoms with E-state index in [0.29, 0.717) is 12.0 Å². The Labute approximate surface area is 109 Å². The number of hydrogen-bond donors (Lipinski definition) is 1. The molecule has 1 aromatic rings. The molecule has 0 saturated carbocycles. The van der Waals surface area contributed by atoms with E-state index >= 15 is 0 Å². The molecule has 0 fully saturated rings. The van der Waals surface area contributed by atoms with Crippen molar-refractivity contribution in [1.29, 1.82) is 0 Å². The van der Waals surface area contributed by atoms with Crippen LogP contribution in [-0.4, -0.2) is 24.2 Å². The van der Waals surface area contributed by atoms with Gasteiger partial charge in [0.1, 0.15) is 0 Å². The first kappa shape index (κ1) is 13.9. The van der Waals surface area contributed by atoms with Crippen LogP contribution in [0.3, 0.4) is 0 Å². The first-order valence-corrected chi connectivity index (χ1v) is 6.62. The monoisotopic (exact) mass is 257 g/mol. The van der Waals surface area contributed by atoms with Crippen LogP contribution in [0.2, 0.25) is 5.02 Å². The summed E-state index contributed by atoms with van der Waals surface area (Å²) in [7, 11) is 2.13. The zero-order valence-electron chi connectivity index (χ0n) is 10.2. The van der Waals surface area contributed by atoms with Crippen molar-refractivity contribution in [2.45, 2.75) is 19.9 Å². The van der Waals surface area contributed by atoms with E-state index in [-0.39, 0.29) is 0 Å². The number of thiol groups is 1. The van der Waals surface area contributed by atoms with Gasteiger partial charge in [-0.25, -0.2) is 0 Å². The van der Waals surface area contributed by atoms with Gasteiger partial charge < -0.3 is 0 Å². The maximum Gasteiger partial charge on any atom is 0.0453 e. The highest BCUT2D eigenvalue weighted by molar-refractivity contribution is 7.80. The predicted octanol–water partition coefficient (Wildman–Crippen LogP) is 3.90. The zero-order chi connectivity index (χ0) is 12.1. The Bertz CT molecular complexity index is 329. The normalized spacial score (nSPS) is 15.1. The summed E-state index contributed by atoms with van der Waals surface area (Å²) in [4.78, 5) is 2.32. The first-order valence-electron chi connectivity index (χ1n) is 5.61. The maximum absolute atomic E-state index is 6.19. The molecule has 0 aliphatic heterocycles. The molecule has 1 aromatic carbocycles. The highest BCUT2D eigenvalue weighted by atomic mass is 35.5. The van der Waals surface area contributed by atoms with E-state index in [4.69, 9.17) is 11.6 Å². The molecule has 0 aromatic heterocycles. The zero-order valence-corrected chi connectivity index (χ0v) is 11.8. The van der Waals surface area contributed by atoms with Gasteiger partial charge in [-0.1, -0.05) is 36.7 Å². The lowest BCUT2D eigenvalue weighted by Crippen LogP contribution is -2.28. The molecule has 0 bridgehead atoms. The van der Waals surface area contributed by atoms with Crippen LogP contribution in [0.5, 0.6) is 0 Å². The van der Waals surface area contributed by atoms with E-state index in [1.54, 1.807) is 0 Å². The van der Waals surface area contributed by atoms with E-state index in [0.717, 1.165) is 17.3 Å². The van der Waals surface area contributed by atoms with Gasteiger partial charge in [-0.3, -0.25) is 4.90 Å². The lowest BCUT2D eigenvalue weighted by atomic mass is 10.1. The Kier molecular flexibility index (Phi) is 5.67. The summed E-state index contributed by atoms with van der Waals surface area (Å²) in [5.41, 5.74) is 1.19. The number of halogens is 1. The van der Waals surface area contributed by atoms with Crippen LogP contribution < -0.4 is 0 Å². The molecular weight excluding hydrogens is 238 g/mol. The molecule has 16 heavy (non-hydrogen) atoms. The van der Waals surface area contributed by atoms with Crippen LogP contribution in [0.4, 0.5) is 0 Å². The minimum absolute atomic E-state index is 0.344. The number of rotatable bonds is 5. The van der Waals surface area contributed by atoms with Gasteiger partial charge >= 0.3 is 0 Å². The second kappa shape index (κ2) is 6.53. The molecule has 3 heteroatoms. The fourth-order valence-electron chi connectivity index (χ4n) is 1.76. The van der Waals surface area contributed by atoms with Crippen LogP contribution in [0.1, 0.15) is 25.5 Å². The third kappa shape index (κ3) is 3.69. The van der Waals surface area contributed by atoms with Crippen LogP contribution in [0.15, 0.2) is 24.3 Å². The van der Waals surface area contributed by atoms with Crippen LogP contribution in [-0.2, 0) is 0 Å². The van der Waals surface area contributed by atoms with Gasteiger partial charge in [-0.15, -0.1) is 0 Å². The molecule has 0 saturated heterocycles. The van der Waals surface area contributed by atoms with Crippen LogP contribution >= 0.6 is 24.2 Å². The van der Waals surface area contributed by atoms with Gasteiger partial charge in [0.25, 0.3) is 0 Å². The molecule has 0 N–H and O–H groups in total. The summed E-state index contributed by atoms with van der Waals surface area (Å²) in [5, 5.41) is 0.848. The summed E-state index contributed by atoms with van der Waals surface area (Å²) >= 11 is 10.5. The van der Waals surface area contributed by atoms with Gasteiger partial charge in [0.2, 0.25) is 0 Å². The fraction of sp³-hybridized carbons (Fsp3) is 0.538. The molecule has 90 valence electrons. The Hall–Kier alpha value is -0.180. The van der Waals surface area contributed by atoms with Gasteiger partial charge in [-0.05, 0) is 37.3 Å². The van der Waals surface area contributed by atoms with Crippen LogP contribution in [0.25, 0.3) is 0 Å². The van der Waals surface area contributed by atoms with Crippen LogP contribution in [0, 0.1) is 5.92 Å². The topological polar surface area (TPSA) is 3.24 Å². The summed E-state index contributed by atoms with van der Waals surface area (Å²) in [6.07, 6.45) is 0. The molecule has 2 unspecified atom stereocenters. The Morgan fingerprint density at radius 1 is 1.31 bits per heavy atom. The van der Waals surface area contributed by atoms with Crippen molar-refractivity contribution in [2.24, 2.45) is 5.92 Å². The highest BCUT2D eigenvalue weighted by Crippen LogP contribution is 2.26. The molecule has 0 heterocycles. The SMILES string of the molecule is CC(CS)CN(C)C(C)c1ccccc1Cl. The lowest BCUT2D eigenvalue weighted by molar-refractivity contribution is 0.235. The van der Waals surface area contributed by atoms with Gasteiger partial charge in [0.15, 0.2) is 0 Å². The number of nitrogens with zero attached hydrogens (tertiary/aromatic N) is 1. The second-order valence-corrected chi connectivity index (χ2v) is 5.20. The fourth-order valence-corrected chi connectivity index (χ4v) is 2.17. The van der Waals surface area contributed by atoms with Gasteiger partial charge in [0, 0.05) is 17.6 Å². The van der Waals surface area contributed by atoms with Crippen molar-refractivity contribution in [3.63, 3.8) is 0 Å².